The van der Waals surface area contributed by atoms with Crippen molar-refractivity contribution in [1.29, 1.82) is 0 Å². The summed E-state index contributed by atoms with van der Waals surface area (Å²) in [6.45, 7) is 3.30. The van der Waals surface area contributed by atoms with Crippen LogP contribution in [0.1, 0.15) is 34.8 Å². The van der Waals surface area contributed by atoms with E-state index >= 15 is 0 Å². The van der Waals surface area contributed by atoms with E-state index in [0.717, 1.165) is 24.0 Å². The molecule has 1 fully saturated rings. The van der Waals surface area contributed by atoms with Gasteiger partial charge in [-0.1, -0.05) is 13.0 Å². The normalized spacial score (nSPS) is 23.9. The highest BCUT2D eigenvalue weighted by Crippen LogP contribution is 2.29. The van der Waals surface area contributed by atoms with Crippen LogP contribution in [0.2, 0.25) is 0 Å². The number of amides is 2. The van der Waals surface area contributed by atoms with Crippen molar-refractivity contribution in [2.45, 2.75) is 32.4 Å². The van der Waals surface area contributed by atoms with E-state index in [2.05, 4.69) is 12.2 Å². The number of nitrogens with one attached hydrogen (secondary N) is 1. The topological polar surface area (TPSA) is 69.6 Å². The first-order chi connectivity index (χ1) is 9.54. The van der Waals surface area contributed by atoms with Crippen LogP contribution in [0.5, 0.6) is 0 Å². The molecule has 2 amide bonds. The molecular formula is C15H18N2O3. The fraction of sp³-hybridized carbons (Fsp3) is 0.467. The Morgan fingerprint density at radius 2 is 2.10 bits per heavy atom. The van der Waals surface area contributed by atoms with Crippen LogP contribution in [-0.4, -0.2) is 34.6 Å². The van der Waals surface area contributed by atoms with E-state index in [1.165, 1.54) is 0 Å². The summed E-state index contributed by atoms with van der Waals surface area (Å²) < 4.78 is 0. The van der Waals surface area contributed by atoms with Gasteiger partial charge in [-0.25, -0.2) is 9.59 Å². The number of nitrogens with zero attached hydrogens (tertiary/aromatic N) is 1. The number of hydrogen-bond acceptors (Lipinski definition) is 2. The van der Waals surface area contributed by atoms with Gasteiger partial charge in [-0.3, -0.25) is 0 Å². The lowest BCUT2D eigenvalue weighted by molar-refractivity contribution is 0.0696. The van der Waals surface area contributed by atoms with Crippen molar-refractivity contribution >= 4 is 12.0 Å². The third-order valence-corrected chi connectivity index (χ3v) is 4.17. The molecule has 1 heterocycles. The Hall–Kier alpha value is -2.04. The van der Waals surface area contributed by atoms with Gasteiger partial charge in [0, 0.05) is 19.1 Å². The summed E-state index contributed by atoms with van der Waals surface area (Å²) in [6.07, 6.45) is 1.84. The molecular weight excluding hydrogens is 256 g/mol. The molecule has 0 saturated heterocycles. The molecule has 2 aliphatic rings. The van der Waals surface area contributed by atoms with E-state index in [1.54, 1.807) is 17.0 Å². The monoisotopic (exact) mass is 274 g/mol. The zero-order chi connectivity index (χ0) is 14.3. The van der Waals surface area contributed by atoms with Gasteiger partial charge in [-0.2, -0.15) is 0 Å². The number of aromatic carboxylic acids is 1. The molecule has 1 aliphatic heterocycles. The van der Waals surface area contributed by atoms with E-state index in [0.29, 0.717) is 25.0 Å². The summed E-state index contributed by atoms with van der Waals surface area (Å²) >= 11 is 0. The molecule has 2 N–H and O–H groups in total. The predicted molar refractivity (Wildman–Crippen MR) is 73.6 cm³/mol. The summed E-state index contributed by atoms with van der Waals surface area (Å²) in [6, 6.07) is 5.44. The van der Waals surface area contributed by atoms with Gasteiger partial charge in [0.25, 0.3) is 0 Å². The average molecular weight is 274 g/mol. The molecule has 1 aromatic rings. The standard InChI is InChI=1S/C15H18N2O3/c1-9-6-13(9)16-15(20)17-5-4-10-2-3-11(14(18)19)7-12(10)8-17/h2-3,7,9,13H,4-6,8H2,1H3,(H,16,20)(H,18,19). The number of benzene rings is 1. The van der Waals surface area contributed by atoms with Gasteiger partial charge in [0.05, 0.1) is 5.56 Å². The molecule has 1 aromatic carbocycles. The molecule has 5 heteroatoms. The number of urea groups is 1. The maximum absolute atomic E-state index is 12.1. The lowest BCUT2D eigenvalue weighted by atomic mass is 9.97. The second-order valence-corrected chi connectivity index (χ2v) is 5.73. The molecule has 0 radical (unpaired) electrons. The molecule has 106 valence electrons. The number of carboxylic acid groups (broad SMARTS) is 1. The second kappa shape index (κ2) is 4.81. The zero-order valence-corrected chi connectivity index (χ0v) is 11.4. The van der Waals surface area contributed by atoms with Crippen molar-refractivity contribution in [1.82, 2.24) is 10.2 Å². The lowest BCUT2D eigenvalue weighted by Crippen LogP contribution is -2.43. The SMILES string of the molecule is CC1CC1NC(=O)N1CCc2ccc(C(=O)O)cc2C1. The van der Waals surface area contributed by atoms with E-state index < -0.39 is 5.97 Å². The van der Waals surface area contributed by atoms with Crippen molar-refractivity contribution in [2.24, 2.45) is 5.92 Å². The van der Waals surface area contributed by atoms with E-state index in [1.807, 2.05) is 6.07 Å². The van der Waals surface area contributed by atoms with Crippen LogP contribution in [-0.2, 0) is 13.0 Å². The largest absolute Gasteiger partial charge is 0.478 e. The fourth-order valence-electron chi connectivity index (χ4n) is 2.64. The van der Waals surface area contributed by atoms with Gasteiger partial charge in [0.15, 0.2) is 0 Å². The molecule has 20 heavy (non-hydrogen) atoms. The average Bonchev–Trinajstić information content (AvgIpc) is 3.12. The van der Waals surface area contributed by atoms with Crippen LogP contribution in [0.25, 0.3) is 0 Å². The van der Waals surface area contributed by atoms with Crippen LogP contribution in [0.4, 0.5) is 4.79 Å². The van der Waals surface area contributed by atoms with E-state index in [9.17, 15) is 9.59 Å². The molecule has 0 spiro atoms. The summed E-state index contributed by atoms with van der Waals surface area (Å²) in [7, 11) is 0. The van der Waals surface area contributed by atoms with Gasteiger partial charge < -0.3 is 15.3 Å². The van der Waals surface area contributed by atoms with Crippen LogP contribution in [0.3, 0.4) is 0 Å². The molecule has 5 nitrogen and oxygen atoms in total. The molecule has 0 bridgehead atoms. The maximum atomic E-state index is 12.1. The quantitative estimate of drug-likeness (QED) is 0.865. The molecule has 3 rings (SSSR count). The summed E-state index contributed by atoms with van der Waals surface area (Å²) in [5, 5.41) is 12.0. The minimum absolute atomic E-state index is 0.0364. The Morgan fingerprint density at radius 1 is 1.35 bits per heavy atom. The van der Waals surface area contributed by atoms with E-state index in [4.69, 9.17) is 5.11 Å². The van der Waals surface area contributed by atoms with Crippen molar-refractivity contribution < 1.29 is 14.7 Å². The number of fused-ring (bicyclic) bond motifs is 1. The van der Waals surface area contributed by atoms with Gasteiger partial charge >= 0.3 is 12.0 Å². The fourth-order valence-corrected chi connectivity index (χ4v) is 2.64. The molecule has 2 unspecified atom stereocenters. The second-order valence-electron chi connectivity index (χ2n) is 5.73. The van der Waals surface area contributed by atoms with Crippen molar-refractivity contribution in [2.75, 3.05) is 6.54 Å². The first kappa shape index (κ1) is 13.0. The smallest absolute Gasteiger partial charge is 0.335 e. The molecule has 1 saturated carbocycles. The third-order valence-electron chi connectivity index (χ3n) is 4.17. The van der Waals surface area contributed by atoms with Crippen LogP contribution >= 0.6 is 0 Å². The van der Waals surface area contributed by atoms with Crippen molar-refractivity contribution in [3.63, 3.8) is 0 Å². The summed E-state index contributed by atoms with van der Waals surface area (Å²) in [5.74, 6) is -0.351. The Balaban J connectivity index is 1.71. The Bertz CT molecular complexity index is 570. The molecule has 2 atom stereocenters. The summed E-state index contributed by atoms with van der Waals surface area (Å²) in [5.41, 5.74) is 2.36. The molecule has 1 aliphatic carbocycles. The number of carbonyl (C=O) groups is 2. The van der Waals surface area contributed by atoms with Gasteiger partial charge in [-0.05, 0) is 42.0 Å². The Morgan fingerprint density at radius 3 is 2.75 bits per heavy atom. The molecule has 0 aromatic heterocycles. The first-order valence-electron chi connectivity index (χ1n) is 6.95. The summed E-state index contributed by atoms with van der Waals surface area (Å²) in [4.78, 5) is 24.9. The van der Waals surface area contributed by atoms with Crippen LogP contribution < -0.4 is 5.32 Å². The van der Waals surface area contributed by atoms with E-state index in [-0.39, 0.29) is 11.6 Å². The highest BCUT2D eigenvalue weighted by Gasteiger charge is 2.35. The lowest BCUT2D eigenvalue weighted by Gasteiger charge is -2.29. The van der Waals surface area contributed by atoms with Crippen molar-refractivity contribution in [3.8, 4) is 0 Å². The van der Waals surface area contributed by atoms with Gasteiger partial charge in [-0.15, -0.1) is 0 Å². The third kappa shape index (κ3) is 2.48. The Kier molecular flexibility index (Phi) is 3.12. The van der Waals surface area contributed by atoms with Gasteiger partial charge in [0.1, 0.15) is 0 Å². The number of carbonyl (C=O) groups excluding carboxylic acids is 1. The minimum Gasteiger partial charge on any atom is -0.478 e. The predicted octanol–water partition coefficient (Wildman–Crippen LogP) is 1.86. The number of hydrogen-bond donors (Lipinski definition) is 2. The minimum atomic E-state index is -0.929. The first-order valence-corrected chi connectivity index (χ1v) is 6.95. The van der Waals surface area contributed by atoms with Crippen molar-refractivity contribution in [3.05, 3.63) is 34.9 Å². The van der Waals surface area contributed by atoms with Crippen LogP contribution in [0.15, 0.2) is 18.2 Å². The van der Waals surface area contributed by atoms with Crippen LogP contribution in [0, 0.1) is 5.92 Å². The Labute approximate surface area is 117 Å². The highest BCUT2D eigenvalue weighted by molar-refractivity contribution is 5.88. The van der Waals surface area contributed by atoms with Gasteiger partial charge in [0.2, 0.25) is 0 Å². The number of carboxylic acids is 1. The number of rotatable bonds is 2. The zero-order valence-electron chi connectivity index (χ0n) is 11.4. The maximum Gasteiger partial charge on any atom is 0.335 e. The highest BCUT2D eigenvalue weighted by atomic mass is 16.4.